The van der Waals surface area contributed by atoms with Crippen LogP contribution in [0.2, 0.25) is 0 Å². The maximum absolute atomic E-state index is 11.1. The largest absolute Gasteiger partial charge is 1.00 e. The summed E-state index contributed by atoms with van der Waals surface area (Å²) in [6.45, 7) is 0. The summed E-state index contributed by atoms with van der Waals surface area (Å²) in [7, 11) is 0. The van der Waals surface area contributed by atoms with Crippen LogP contribution in [-0.2, 0) is 0 Å². The Bertz CT molecular complexity index is 1040. The zero-order valence-electron chi connectivity index (χ0n) is 12.9. The van der Waals surface area contributed by atoms with E-state index in [4.69, 9.17) is 5.11 Å². The number of rotatable bonds is 1. The number of aromatic amines is 1. The van der Waals surface area contributed by atoms with Gasteiger partial charge in [0.05, 0.1) is 5.52 Å². The topological polar surface area (TPSA) is 73.3 Å². The zero-order chi connectivity index (χ0) is 14.6. The molecule has 4 aromatic rings. The standard InChI is InChI=1S/C17H11NO3.Na.H/c19-15-8-12-9(7-13(15)17(20)21)5-6-11-10-3-1-2-4-14(10)18-16(11)12;;/h1-8,18-19H,(H,20,21);;/q;+1;-1. The SMILES string of the molecule is O=C(O)c1cc2ccc3c4ccccc4[nH]c3c2cc1O.[H-].[Na+]. The van der Waals surface area contributed by atoms with Gasteiger partial charge in [0.1, 0.15) is 11.3 Å². The van der Waals surface area contributed by atoms with Crippen molar-refractivity contribution in [1.82, 2.24) is 4.98 Å². The number of hydrogen-bond acceptors (Lipinski definition) is 2. The Balaban J connectivity index is 0.000000960. The van der Waals surface area contributed by atoms with Crippen LogP contribution in [0.5, 0.6) is 5.75 Å². The van der Waals surface area contributed by atoms with Gasteiger partial charge in [-0.25, -0.2) is 4.79 Å². The molecule has 22 heavy (non-hydrogen) atoms. The fraction of sp³-hybridized carbons (Fsp3) is 0. The first-order valence-corrected chi connectivity index (χ1v) is 6.54. The molecule has 0 spiro atoms. The molecule has 0 unspecified atom stereocenters. The normalized spacial score (nSPS) is 10.9. The number of benzene rings is 3. The minimum absolute atomic E-state index is 0. The molecule has 0 saturated heterocycles. The molecule has 0 fully saturated rings. The van der Waals surface area contributed by atoms with E-state index in [-0.39, 0.29) is 42.3 Å². The van der Waals surface area contributed by atoms with Gasteiger partial charge in [-0.1, -0.05) is 30.3 Å². The molecule has 3 aromatic carbocycles. The summed E-state index contributed by atoms with van der Waals surface area (Å²) in [5.74, 6) is -1.35. The number of hydrogen-bond donors (Lipinski definition) is 3. The van der Waals surface area contributed by atoms with Crippen molar-refractivity contribution in [2.45, 2.75) is 0 Å². The molecule has 0 bridgehead atoms. The summed E-state index contributed by atoms with van der Waals surface area (Å²) in [5.41, 5.74) is 1.83. The molecule has 3 N–H and O–H groups in total. The Morgan fingerprint density at radius 3 is 2.55 bits per heavy atom. The van der Waals surface area contributed by atoms with E-state index in [1.54, 1.807) is 0 Å². The molecule has 0 saturated carbocycles. The fourth-order valence-corrected chi connectivity index (χ4v) is 2.85. The van der Waals surface area contributed by atoms with Crippen LogP contribution in [0.25, 0.3) is 32.6 Å². The number of carboxylic acids is 1. The van der Waals surface area contributed by atoms with Crippen LogP contribution in [0.1, 0.15) is 11.8 Å². The van der Waals surface area contributed by atoms with Crippen molar-refractivity contribution < 1.29 is 46.0 Å². The molecule has 1 aromatic heterocycles. The Kier molecular flexibility index (Phi) is 3.60. The first kappa shape index (κ1) is 14.9. The third kappa shape index (κ3) is 2.08. The molecule has 1 heterocycles. The van der Waals surface area contributed by atoms with Crippen molar-refractivity contribution in [2.24, 2.45) is 0 Å². The van der Waals surface area contributed by atoms with Crippen LogP contribution < -0.4 is 29.6 Å². The number of nitrogens with one attached hydrogen (secondary N) is 1. The summed E-state index contributed by atoms with van der Waals surface area (Å²) >= 11 is 0. The van der Waals surface area contributed by atoms with Gasteiger partial charge in [0, 0.05) is 21.7 Å². The van der Waals surface area contributed by atoms with Gasteiger partial charge >= 0.3 is 35.5 Å². The predicted molar refractivity (Wildman–Crippen MR) is 83.0 cm³/mol. The van der Waals surface area contributed by atoms with Gasteiger partial charge in [0.25, 0.3) is 0 Å². The minimum atomic E-state index is -1.13. The van der Waals surface area contributed by atoms with Crippen molar-refractivity contribution in [3.63, 3.8) is 0 Å². The van der Waals surface area contributed by atoms with Crippen LogP contribution in [0.3, 0.4) is 0 Å². The van der Waals surface area contributed by atoms with Crippen LogP contribution in [0.4, 0.5) is 0 Å². The van der Waals surface area contributed by atoms with Crippen molar-refractivity contribution in [2.75, 3.05) is 0 Å². The Morgan fingerprint density at radius 1 is 1.00 bits per heavy atom. The van der Waals surface area contributed by atoms with Crippen molar-refractivity contribution in [3.8, 4) is 5.75 Å². The maximum Gasteiger partial charge on any atom is 1.00 e. The summed E-state index contributed by atoms with van der Waals surface area (Å²) in [5, 5.41) is 22.8. The molecular formula is C17H12NNaO3. The van der Waals surface area contributed by atoms with Crippen molar-refractivity contribution in [3.05, 3.63) is 54.1 Å². The number of aromatic carboxylic acids is 1. The smallest absolute Gasteiger partial charge is 1.00 e. The van der Waals surface area contributed by atoms with E-state index in [0.717, 1.165) is 32.6 Å². The number of carbonyl (C=O) groups is 1. The molecule has 0 aliphatic heterocycles. The Morgan fingerprint density at radius 2 is 1.77 bits per heavy atom. The monoisotopic (exact) mass is 301 g/mol. The zero-order valence-corrected chi connectivity index (χ0v) is 13.9. The molecule has 0 aliphatic rings. The number of H-pyrrole nitrogens is 1. The molecule has 4 nitrogen and oxygen atoms in total. The molecule has 5 heteroatoms. The number of carboxylic acid groups (broad SMARTS) is 1. The van der Waals surface area contributed by atoms with Gasteiger partial charge in [0.15, 0.2) is 0 Å². The number of para-hydroxylation sites is 1. The average molecular weight is 301 g/mol. The van der Waals surface area contributed by atoms with Gasteiger partial charge in [-0.05, 0) is 23.6 Å². The number of fused-ring (bicyclic) bond motifs is 5. The third-order valence-corrected chi connectivity index (χ3v) is 3.84. The molecule has 0 amide bonds. The maximum atomic E-state index is 11.1. The molecule has 0 aliphatic carbocycles. The van der Waals surface area contributed by atoms with E-state index >= 15 is 0 Å². The first-order chi connectivity index (χ1) is 10.1. The van der Waals surface area contributed by atoms with Gasteiger partial charge in [-0.15, -0.1) is 0 Å². The van der Waals surface area contributed by atoms with Gasteiger partial charge < -0.3 is 16.6 Å². The van der Waals surface area contributed by atoms with Gasteiger partial charge in [-0.3, -0.25) is 0 Å². The van der Waals surface area contributed by atoms with E-state index < -0.39 is 5.97 Å². The first-order valence-electron chi connectivity index (χ1n) is 6.54. The minimum Gasteiger partial charge on any atom is -1.00 e. The number of aromatic hydroxyl groups is 1. The Hall–Kier alpha value is -2.01. The number of aromatic nitrogens is 1. The molecular weight excluding hydrogens is 289 g/mol. The van der Waals surface area contributed by atoms with Crippen LogP contribution in [0, 0.1) is 0 Å². The van der Waals surface area contributed by atoms with E-state index in [1.807, 2.05) is 36.4 Å². The van der Waals surface area contributed by atoms with Crippen LogP contribution in [-0.4, -0.2) is 21.2 Å². The molecule has 0 atom stereocenters. The predicted octanol–water partition coefficient (Wildman–Crippen LogP) is 0.995. The van der Waals surface area contributed by atoms with Crippen LogP contribution >= 0.6 is 0 Å². The third-order valence-electron chi connectivity index (χ3n) is 3.84. The summed E-state index contributed by atoms with van der Waals surface area (Å²) in [6, 6.07) is 14.8. The van der Waals surface area contributed by atoms with Crippen LogP contribution in [0.15, 0.2) is 48.5 Å². The summed E-state index contributed by atoms with van der Waals surface area (Å²) in [6.07, 6.45) is 0. The van der Waals surface area contributed by atoms with Gasteiger partial charge in [0.2, 0.25) is 0 Å². The Labute approximate surface area is 149 Å². The second kappa shape index (κ2) is 5.32. The molecule has 104 valence electrons. The van der Waals surface area contributed by atoms with Crippen molar-refractivity contribution in [1.29, 1.82) is 0 Å². The second-order valence-corrected chi connectivity index (χ2v) is 5.05. The van der Waals surface area contributed by atoms with Crippen molar-refractivity contribution >= 4 is 38.5 Å². The average Bonchev–Trinajstić information content (AvgIpc) is 2.85. The van der Waals surface area contributed by atoms with E-state index in [0.29, 0.717) is 0 Å². The number of phenols is 1. The molecule has 4 rings (SSSR count). The summed E-state index contributed by atoms with van der Waals surface area (Å²) in [4.78, 5) is 14.4. The summed E-state index contributed by atoms with van der Waals surface area (Å²) < 4.78 is 0. The van der Waals surface area contributed by atoms with Gasteiger partial charge in [-0.2, -0.15) is 0 Å². The van der Waals surface area contributed by atoms with E-state index in [9.17, 15) is 9.90 Å². The van der Waals surface area contributed by atoms with E-state index in [1.165, 1.54) is 12.1 Å². The van der Waals surface area contributed by atoms with E-state index in [2.05, 4.69) is 4.98 Å². The molecule has 0 radical (unpaired) electrons. The quantitative estimate of drug-likeness (QED) is 0.459. The fourth-order valence-electron chi connectivity index (χ4n) is 2.85. The second-order valence-electron chi connectivity index (χ2n) is 5.05.